The van der Waals surface area contributed by atoms with Gasteiger partial charge in [0, 0.05) is 0 Å². The van der Waals surface area contributed by atoms with E-state index in [0.717, 1.165) is 17.9 Å². The molecule has 3 N–H and O–H groups in total. The average molecular weight is 291 g/mol. The average Bonchev–Trinajstić information content (AvgIpc) is 2.35. The molecule has 0 bridgehead atoms. The fourth-order valence-corrected chi connectivity index (χ4v) is 2.46. The number of thioether (sulfide) groups is 1. The minimum Gasteiger partial charge on any atom is -0.481 e. The van der Waals surface area contributed by atoms with Gasteiger partial charge in [-0.15, -0.1) is 0 Å². The molecule has 0 heterocycles. The number of carbonyl (C=O) groups is 2. The highest BCUT2D eigenvalue weighted by Gasteiger charge is 2.16. The first-order valence-electron chi connectivity index (χ1n) is 6.75. The van der Waals surface area contributed by atoms with Crippen molar-refractivity contribution in [1.82, 2.24) is 5.32 Å². The van der Waals surface area contributed by atoms with Crippen LogP contribution in [0.1, 0.15) is 39.5 Å². The summed E-state index contributed by atoms with van der Waals surface area (Å²) in [7, 11) is 0. The molecule has 0 radical (unpaired) electrons. The summed E-state index contributed by atoms with van der Waals surface area (Å²) in [6.45, 7) is 4.31. The van der Waals surface area contributed by atoms with E-state index < -0.39 is 18.0 Å². The van der Waals surface area contributed by atoms with Crippen molar-refractivity contribution in [1.29, 1.82) is 0 Å². The molecule has 2 unspecified atom stereocenters. The summed E-state index contributed by atoms with van der Waals surface area (Å²) < 4.78 is 0. The monoisotopic (exact) mass is 291 g/mol. The number of carboxylic acid groups (broad SMARTS) is 2. The van der Waals surface area contributed by atoms with E-state index in [1.54, 1.807) is 18.7 Å². The van der Waals surface area contributed by atoms with Gasteiger partial charge in [0.25, 0.3) is 0 Å². The molecule has 5 nitrogen and oxygen atoms in total. The molecule has 0 aromatic rings. The fourth-order valence-electron chi connectivity index (χ4n) is 1.57. The van der Waals surface area contributed by atoms with Gasteiger partial charge in [-0.1, -0.05) is 13.8 Å². The molecule has 2 atom stereocenters. The lowest BCUT2D eigenvalue weighted by molar-refractivity contribution is -0.142. The molecule has 0 aromatic heterocycles. The Balaban J connectivity index is 3.76. The summed E-state index contributed by atoms with van der Waals surface area (Å²) in [5, 5.41) is 20.8. The molecule has 0 fully saturated rings. The molecule has 0 aliphatic rings. The second-order valence-corrected chi connectivity index (χ2v) is 5.85. The highest BCUT2D eigenvalue weighted by atomic mass is 32.2. The molecule has 0 spiro atoms. The van der Waals surface area contributed by atoms with Crippen LogP contribution < -0.4 is 5.32 Å². The Labute approximate surface area is 119 Å². The third kappa shape index (κ3) is 9.78. The fraction of sp³-hybridized carbons (Fsp3) is 0.846. The quantitative estimate of drug-likeness (QED) is 0.477. The van der Waals surface area contributed by atoms with Gasteiger partial charge in [-0.25, -0.2) is 0 Å². The SMILES string of the molecule is CCCSCCC(NCCCC(C)C(=O)O)C(=O)O. The van der Waals surface area contributed by atoms with Crippen molar-refractivity contribution >= 4 is 23.7 Å². The number of rotatable bonds is 12. The lowest BCUT2D eigenvalue weighted by Crippen LogP contribution is -2.37. The predicted molar refractivity (Wildman–Crippen MR) is 77.7 cm³/mol. The Morgan fingerprint density at radius 2 is 1.84 bits per heavy atom. The third-order valence-electron chi connectivity index (χ3n) is 2.82. The van der Waals surface area contributed by atoms with E-state index in [1.165, 1.54) is 0 Å². The van der Waals surface area contributed by atoms with Gasteiger partial charge in [-0.2, -0.15) is 11.8 Å². The van der Waals surface area contributed by atoms with Crippen molar-refractivity contribution in [3.05, 3.63) is 0 Å². The number of hydrogen-bond donors (Lipinski definition) is 3. The molecule has 19 heavy (non-hydrogen) atoms. The Hall–Kier alpha value is -0.750. The lowest BCUT2D eigenvalue weighted by Gasteiger charge is -2.14. The van der Waals surface area contributed by atoms with E-state index in [-0.39, 0.29) is 5.92 Å². The number of aliphatic carboxylic acids is 2. The summed E-state index contributed by atoms with van der Waals surface area (Å²) >= 11 is 1.77. The minimum absolute atomic E-state index is 0.370. The van der Waals surface area contributed by atoms with Crippen molar-refractivity contribution < 1.29 is 19.8 Å². The van der Waals surface area contributed by atoms with Crippen LogP contribution >= 0.6 is 11.8 Å². The van der Waals surface area contributed by atoms with E-state index in [4.69, 9.17) is 10.2 Å². The van der Waals surface area contributed by atoms with Crippen LogP contribution in [0.2, 0.25) is 0 Å². The zero-order valence-electron chi connectivity index (χ0n) is 11.7. The van der Waals surface area contributed by atoms with Crippen LogP contribution in [0.3, 0.4) is 0 Å². The van der Waals surface area contributed by atoms with Gasteiger partial charge in [0.05, 0.1) is 5.92 Å². The van der Waals surface area contributed by atoms with Crippen LogP contribution in [0.15, 0.2) is 0 Å². The summed E-state index contributed by atoms with van der Waals surface area (Å²) in [5.74, 6) is -0.106. The van der Waals surface area contributed by atoms with Crippen LogP contribution in [0.25, 0.3) is 0 Å². The van der Waals surface area contributed by atoms with Gasteiger partial charge in [0.2, 0.25) is 0 Å². The van der Waals surface area contributed by atoms with Gasteiger partial charge >= 0.3 is 11.9 Å². The van der Waals surface area contributed by atoms with Gasteiger partial charge in [-0.05, 0) is 43.7 Å². The van der Waals surface area contributed by atoms with Gasteiger partial charge < -0.3 is 15.5 Å². The zero-order valence-corrected chi connectivity index (χ0v) is 12.5. The van der Waals surface area contributed by atoms with Crippen LogP contribution in [-0.4, -0.2) is 46.2 Å². The first kappa shape index (κ1) is 18.2. The van der Waals surface area contributed by atoms with Crippen molar-refractivity contribution in [3.8, 4) is 0 Å². The molecule has 0 saturated carbocycles. The minimum atomic E-state index is -0.830. The molecule has 0 amide bonds. The Bertz CT molecular complexity index is 273. The standard InChI is InChI=1S/C13H25NO4S/c1-3-8-19-9-6-11(13(17)18)14-7-4-5-10(2)12(15)16/h10-11,14H,3-9H2,1-2H3,(H,15,16)(H,17,18). The number of carboxylic acids is 2. The molecule has 0 aromatic carbocycles. The van der Waals surface area contributed by atoms with E-state index >= 15 is 0 Å². The summed E-state index contributed by atoms with van der Waals surface area (Å²) in [5.41, 5.74) is 0. The maximum atomic E-state index is 11.0. The molecule has 112 valence electrons. The largest absolute Gasteiger partial charge is 0.481 e. The third-order valence-corrected chi connectivity index (χ3v) is 4.04. The van der Waals surface area contributed by atoms with E-state index in [1.807, 2.05) is 0 Å². The Morgan fingerprint density at radius 1 is 1.16 bits per heavy atom. The number of nitrogens with one attached hydrogen (secondary N) is 1. The van der Waals surface area contributed by atoms with Crippen molar-refractivity contribution in [3.63, 3.8) is 0 Å². The second-order valence-electron chi connectivity index (χ2n) is 4.63. The van der Waals surface area contributed by atoms with Crippen LogP contribution in [0, 0.1) is 5.92 Å². The molecule has 0 rings (SSSR count). The Kier molecular flexibility index (Phi) is 10.7. The first-order valence-corrected chi connectivity index (χ1v) is 7.91. The topological polar surface area (TPSA) is 86.6 Å². The molecule has 0 saturated heterocycles. The normalized spacial score (nSPS) is 14.0. The second kappa shape index (κ2) is 11.1. The molecular formula is C13H25NO4S. The molecule has 0 aliphatic carbocycles. The van der Waals surface area contributed by atoms with Crippen LogP contribution in [-0.2, 0) is 9.59 Å². The van der Waals surface area contributed by atoms with Crippen LogP contribution in [0.5, 0.6) is 0 Å². The van der Waals surface area contributed by atoms with Crippen molar-refractivity contribution in [2.75, 3.05) is 18.1 Å². The van der Waals surface area contributed by atoms with Gasteiger partial charge in [-0.3, -0.25) is 9.59 Å². The lowest BCUT2D eigenvalue weighted by atomic mass is 10.1. The predicted octanol–water partition coefficient (Wildman–Crippen LogP) is 2.06. The molecule has 0 aliphatic heterocycles. The van der Waals surface area contributed by atoms with Gasteiger partial charge in [0.15, 0.2) is 0 Å². The summed E-state index contributed by atoms with van der Waals surface area (Å²) in [6, 6.07) is -0.524. The highest BCUT2D eigenvalue weighted by Crippen LogP contribution is 2.08. The van der Waals surface area contributed by atoms with E-state index in [0.29, 0.717) is 25.8 Å². The van der Waals surface area contributed by atoms with E-state index in [9.17, 15) is 9.59 Å². The van der Waals surface area contributed by atoms with Crippen molar-refractivity contribution in [2.45, 2.75) is 45.6 Å². The van der Waals surface area contributed by atoms with E-state index in [2.05, 4.69) is 12.2 Å². The van der Waals surface area contributed by atoms with Crippen molar-refractivity contribution in [2.24, 2.45) is 5.92 Å². The first-order chi connectivity index (χ1) is 8.99. The summed E-state index contributed by atoms with van der Waals surface area (Å²) in [6.07, 6.45) is 2.95. The zero-order chi connectivity index (χ0) is 14.7. The maximum Gasteiger partial charge on any atom is 0.320 e. The smallest absolute Gasteiger partial charge is 0.320 e. The number of hydrogen-bond acceptors (Lipinski definition) is 4. The Morgan fingerprint density at radius 3 is 2.37 bits per heavy atom. The van der Waals surface area contributed by atoms with Crippen LogP contribution in [0.4, 0.5) is 0 Å². The molecule has 6 heteroatoms. The van der Waals surface area contributed by atoms with Gasteiger partial charge in [0.1, 0.15) is 6.04 Å². The summed E-state index contributed by atoms with van der Waals surface area (Å²) in [4.78, 5) is 21.7. The highest BCUT2D eigenvalue weighted by molar-refractivity contribution is 7.99. The molecular weight excluding hydrogens is 266 g/mol. The maximum absolute atomic E-state index is 11.0.